The Morgan fingerprint density at radius 3 is 2.29 bits per heavy atom. The van der Waals surface area contributed by atoms with E-state index in [9.17, 15) is 19.7 Å². The number of benzene rings is 2. The largest absolute Gasteiger partial charge is 0.362 e. The number of carbonyl (C=O) groups is 2. The second kappa shape index (κ2) is 9.59. The van der Waals surface area contributed by atoms with E-state index in [2.05, 4.69) is 5.32 Å². The molecule has 0 bridgehead atoms. The fraction of sp³-hybridized carbons (Fsp3) is 0.391. The van der Waals surface area contributed by atoms with Crippen LogP contribution < -0.4 is 10.2 Å². The zero-order valence-electron chi connectivity index (χ0n) is 18.1. The molecule has 2 aromatic carbocycles. The van der Waals surface area contributed by atoms with Gasteiger partial charge in [0.1, 0.15) is 5.69 Å². The molecule has 0 aromatic heterocycles. The van der Waals surface area contributed by atoms with E-state index in [1.165, 1.54) is 13.0 Å². The molecule has 1 aliphatic heterocycles. The Balaban J connectivity index is 1.78. The van der Waals surface area contributed by atoms with Crippen molar-refractivity contribution in [2.24, 2.45) is 0 Å². The number of hydrogen-bond donors (Lipinski definition) is 1. The number of carbonyl (C=O) groups excluding carboxylic acids is 2. The molecule has 8 nitrogen and oxygen atoms in total. The Bertz CT molecular complexity index is 966. The fourth-order valence-corrected chi connectivity index (χ4v) is 3.80. The molecule has 164 valence electrons. The molecule has 0 saturated carbocycles. The Hall–Kier alpha value is -3.42. The molecule has 0 aliphatic carbocycles. The lowest BCUT2D eigenvalue weighted by atomic mass is 10.0. The SMILES string of the molecule is CC[C@@H](NC(=O)c1ccc(N2CCN(C(C)=O)CC2)c([N+](=O)[O-])c1)c1ccc(C)cc1. The molecule has 1 fully saturated rings. The molecule has 1 saturated heterocycles. The van der Waals surface area contributed by atoms with Gasteiger partial charge in [0.25, 0.3) is 11.6 Å². The first-order chi connectivity index (χ1) is 14.8. The number of nitro benzene ring substituents is 1. The summed E-state index contributed by atoms with van der Waals surface area (Å²) in [6, 6.07) is 12.4. The summed E-state index contributed by atoms with van der Waals surface area (Å²) in [7, 11) is 0. The maximum Gasteiger partial charge on any atom is 0.293 e. The van der Waals surface area contributed by atoms with Gasteiger partial charge in [-0.3, -0.25) is 19.7 Å². The summed E-state index contributed by atoms with van der Waals surface area (Å²) in [6.07, 6.45) is 0.704. The molecule has 0 unspecified atom stereocenters. The Morgan fingerprint density at radius 2 is 1.74 bits per heavy atom. The predicted molar refractivity (Wildman–Crippen MR) is 119 cm³/mol. The van der Waals surface area contributed by atoms with Crippen LogP contribution in [0.2, 0.25) is 0 Å². The van der Waals surface area contributed by atoms with Gasteiger partial charge in [0, 0.05) is 44.7 Å². The molecule has 0 spiro atoms. The number of aryl methyl sites for hydroxylation is 1. The fourth-order valence-electron chi connectivity index (χ4n) is 3.80. The van der Waals surface area contributed by atoms with Crippen molar-refractivity contribution in [3.63, 3.8) is 0 Å². The molecule has 0 radical (unpaired) electrons. The molecular weight excluding hydrogens is 396 g/mol. The lowest BCUT2D eigenvalue weighted by Crippen LogP contribution is -2.48. The van der Waals surface area contributed by atoms with E-state index in [0.717, 1.165) is 11.1 Å². The van der Waals surface area contributed by atoms with Crippen LogP contribution in [0.5, 0.6) is 0 Å². The van der Waals surface area contributed by atoms with Crippen molar-refractivity contribution in [2.75, 3.05) is 31.1 Å². The van der Waals surface area contributed by atoms with Crippen LogP contribution in [-0.4, -0.2) is 47.8 Å². The highest BCUT2D eigenvalue weighted by Gasteiger charge is 2.26. The Kier molecular flexibility index (Phi) is 6.89. The number of nitro groups is 1. The lowest BCUT2D eigenvalue weighted by molar-refractivity contribution is -0.384. The molecule has 1 atom stereocenters. The van der Waals surface area contributed by atoms with E-state index >= 15 is 0 Å². The monoisotopic (exact) mass is 424 g/mol. The third-order valence-electron chi connectivity index (χ3n) is 5.69. The Labute approximate surface area is 182 Å². The normalized spacial score (nSPS) is 14.8. The summed E-state index contributed by atoms with van der Waals surface area (Å²) < 4.78 is 0. The summed E-state index contributed by atoms with van der Waals surface area (Å²) in [5.41, 5.74) is 2.75. The molecule has 1 N–H and O–H groups in total. The summed E-state index contributed by atoms with van der Waals surface area (Å²) in [4.78, 5) is 39.2. The van der Waals surface area contributed by atoms with Crippen LogP contribution in [0.25, 0.3) is 0 Å². The van der Waals surface area contributed by atoms with Crippen molar-refractivity contribution in [3.05, 3.63) is 69.3 Å². The molecule has 31 heavy (non-hydrogen) atoms. The van der Waals surface area contributed by atoms with E-state index in [1.807, 2.05) is 43.0 Å². The highest BCUT2D eigenvalue weighted by molar-refractivity contribution is 5.96. The molecule has 2 aromatic rings. The molecule has 8 heteroatoms. The minimum Gasteiger partial charge on any atom is -0.362 e. The summed E-state index contributed by atoms with van der Waals surface area (Å²) in [6.45, 7) is 7.56. The summed E-state index contributed by atoms with van der Waals surface area (Å²) >= 11 is 0. The van der Waals surface area contributed by atoms with Gasteiger partial charge in [-0.2, -0.15) is 0 Å². The summed E-state index contributed by atoms with van der Waals surface area (Å²) in [5, 5.41) is 14.7. The van der Waals surface area contributed by atoms with Crippen LogP contribution in [0.15, 0.2) is 42.5 Å². The molecule has 3 rings (SSSR count). The number of nitrogens with one attached hydrogen (secondary N) is 1. The van der Waals surface area contributed by atoms with Gasteiger partial charge in [-0.05, 0) is 31.0 Å². The maximum absolute atomic E-state index is 12.8. The van der Waals surface area contributed by atoms with Crippen molar-refractivity contribution in [3.8, 4) is 0 Å². The third kappa shape index (κ3) is 5.20. The van der Waals surface area contributed by atoms with Gasteiger partial charge in [0.05, 0.1) is 11.0 Å². The number of anilines is 1. The number of rotatable bonds is 6. The molecule has 1 aliphatic rings. The minimum atomic E-state index is -0.458. The quantitative estimate of drug-likeness (QED) is 0.566. The summed E-state index contributed by atoms with van der Waals surface area (Å²) in [5.74, 6) is -0.344. The van der Waals surface area contributed by atoms with Crippen LogP contribution in [0.1, 0.15) is 47.8 Å². The van der Waals surface area contributed by atoms with E-state index in [1.54, 1.807) is 17.0 Å². The maximum atomic E-state index is 12.8. The highest BCUT2D eigenvalue weighted by Crippen LogP contribution is 2.30. The topological polar surface area (TPSA) is 95.8 Å². The van der Waals surface area contributed by atoms with E-state index in [-0.39, 0.29) is 29.1 Å². The van der Waals surface area contributed by atoms with Gasteiger partial charge in [-0.15, -0.1) is 0 Å². The molecular formula is C23H28N4O4. The smallest absolute Gasteiger partial charge is 0.293 e. The minimum absolute atomic E-state index is 0.000207. The van der Waals surface area contributed by atoms with Crippen molar-refractivity contribution < 1.29 is 14.5 Å². The Morgan fingerprint density at radius 1 is 1.10 bits per heavy atom. The van der Waals surface area contributed by atoms with E-state index in [4.69, 9.17) is 0 Å². The van der Waals surface area contributed by atoms with Crippen LogP contribution in [0.3, 0.4) is 0 Å². The van der Waals surface area contributed by atoms with Gasteiger partial charge >= 0.3 is 0 Å². The number of amides is 2. The van der Waals surface area contributed by atoms with Gasteiger partial charge in [-0.25, -0.2) is 0 Å². The van der Waals surface area contributed by atoms with Crippen LogP contribution in [0, 0.1) is 17.0 Å². The number of piperazine rings is 1. The highest BCUT2D eigenvalue weighted by atomic mass is 16.6. The first kappa shape index (κ1) is 22.3. The standard InChI is InChI=1S/C23H28N4O4/c1-4-20(18-7-5-16(2)6-8-18)24-23(29)19-9-10-21(22(15-19)27(30)31)26-13-11-25(12-14-26)17(3)28/h5-10,15,20H,4,11-14H2,1-3H3,(H,24,29)/t20-/m1/s1. The van der Waals surface area contributed by atoms with Crippen molar-refractivity contribution in [1.29, 1.82) is 0 Å². The van der Waals surface area contributed by atoms with E-state index in [0.29, 0.717) is 38.3 Å². The lowest BCUT2D eigenvalue weighted by Gasteiger charge is -2.35. The van der Waals surface area contributed by atoms with Crippen LogP contribution in [0.4, 0.5) is 11.4 Å². The van der Waals surface area contributed by atoms with Gasteiger partial charge in [-0.1, -0.05) is 36.8 Å². The van der Waals surface area contributed by atoms with Gasteiger partial charge in [0.15, 0.2) is 0 Å². The first-order valence-corrected chi connectivity index (χ1v) is 10.5. The first-order valence-electron chi connectivity index (χ1n) is 10.5. The van der Waals surface area contributed by atoms with Gasteiger partial charge in [0.2, 0.25) is 5.91 Å². The number of nitrogens with zero attached hydrogens (tertiary/aromatic N) is 3. The average Bonchev–Trinajstić information content (AvgIpc) is 2.77. The second-order valence-electron chi connectivity index (χ2n) is 7.80. The van der Waals surface area contributed by atoms with Crippen molar-refractivity contribution in [2.45, 2.75) is 33.2 Å². The molecule has 2 amide bonds. The van der Waals surface area contributed by atoms with Crippen LogP contribution >= 0.6 is 0 Å². The van der Waals surface area contributed by atoms with E-state index < -0.39 is 4.92 Å². The number of hydrogen-bond acceptors (Lipinski definition) is 5. The van der Waals surface area contributed by atoms with Crippen molar-refractivity contribution >= 4 is 23.2 Å². The zero-order chi connectivity index (χ0) is 22.5. The third-order valence-corrected chi connectivity index (χ3v) is 5.69. The molecule has 1 heterocycles. The average molecular weight is 425 g/mol. The second-order valence-corrected chi connectivity index (χ2v) is 7.80. The predicted octanol–water partition coefficient (Wildman–Crippen LogP) is 3.45. The zero-order valence-corrected chi connectivity index (χ0v) is 18.1. The van der Waals surface area contributed by atoms with Gasteiger partial charge < -0.3 is 15.1 Å². The van der Waals surface area contributed by atoms with Crippen LogP contribution in [-0.2, 0) is 4.79 Å². The van der Waals surface area contributed by atoms with Crippen molar-refractivity contribution in [1.82, 2.24) is 10.2 Å².